The molecule has 4 nitrogen and oxygen atoms in total. The number of esters is 1. The van der Waals surface area contributed by atoms with Crippen molar-refractivity contribution in [2.45, 2.75) is 89.4 Å². The first-order valence-electron chi connectivity index (χ1n) is 12.4. The van der Waals surface area contributed by atoms with E-state index in [0.29, 0.717) is 48.9 Å². The monoisotopic (exact) mass is 442 g/mol. The van der Waals surface area contributed by atoms with Crippen molar-refractivity contribution in [1.29, 1.82) is 0 Å². The van der Waals surface area contributed by atoms with Crippen molar-refractivity contribution in [3.8, 4) is 0 Å². The zero-order valence-electron chi connectivity index (χ0n) is 18.9. The molecule has 168 valence electrons. The fourth-order valence-electron chi connectivity index (χ4n) is 9.22. The molecule has 0 radical (unpaired) electrons. The maximum atomic E-state index is 12.6. The summed E-state index contributed by atoms with van der Waals surface area (Å²) in [6.07, 6.45) is 9.85. The van der Waals surface area contributed by atoms with Gasteiger partial charge in [-0.3, -0.25) is 14.4 Å². The van der Waals surface area contributed by atoms with Crippen LogP contribution in [0, 0.1) is 40.4 Å². The van der Waals surface area contributed by atoms with Gasteiger partial charge in [0.15, 0.2) is 10.9 Å². The van der Waals surface area contributed by atoms with Gasteiger partial charge < -0.3 is 4.74 Å². The third-order valence-corrected chi connectivity index (χ3v) is 12.0. The van der Waals surface area contributed by atoms with Crippen LogP contribution >= 0.6 is 11.8 Å². The van der Waals surface area contributed by atoms with Crippen LogP contribution in [0.1, 0.15) is 78.6 Å². The predicted octanol–water partition coefficient (Wildman–Crippen LogP) is 5.10. The van der Waals surface area contributed by atoms with Gasteiger partial charge in [-0.25, -0.2) is 0 Å². The van der Waals surface area contributed by atoms with Gasteiger partial charge in [-0.15, -0.1) is 0 Å². The number of ether oxygens (including phenoxy) is 1. The number of fused-ring (bicyclic) bond motifs is 9. The molecular formula is C26H34O4S. The van der Waals surface area contributed by atoms with E-state index in [-0.39, 0.29) is 38.5 Å². The van der Waals surface area contributed by atoms with Gasteiger partial charge in [0.2, 0.25) is 0 Å². The standard InChI is InChI=1S/C26H34O4S/c1-4-21(29)31-19-12-14-11-15(27)5-8-24(14,2)17-6-9-25(3)23(22(17)19)16-13-18(16)26(25)10-7-20(28)30-26/h11,16-19,22-23H,4-10,12-13H2,1-3H3/t16-,17-,18+,19+,22-,23-,24-,25-,26?/m0/s1. The molecule has 1 heterocycles. The Bertz CT molecular complexity index is 909. The first kappa shape index (κ1) is 20.5. The first-order valence-corrected chi connectivity index (χ1v) is 13.3. The summed E-state index contributed by atoms with van der Waals surface area (Å²) in [5, 5.41) is 0.524. The van der Waals surface area contributed by atoms with Gasteiger partial charge in [-0.1, -0.05) is 38.1 Å². The summed E-state index contributed by atoms with van der Waals surface area (Å²) in [6.45, 7) is 6.77. The van der Waals surface area contributed by atoms with Crippen molar-refractivity contribution in [2.75, 3.05) is 0 Å². The average Bonchev–Trinajstić information content (AvgIpc) is 3.37. The lowest BCUT2D eigenvalue weighted by atomic mass is 9.45. The van der Waals surface area contributed by atoms with Crippen molar-refractivity contribution >= 4 is 28.6 Å². The van der Waals surface area contributed by atoms with Crippen LogP contribution < -0.4 is 0 Å². The highest BCUT2D eigenvalue weighted by Crippen LogP contribution is 2.79. The van der Waals surface area contributed by atoms with Crippen LogP contribution in [0.15, 0.2) is 11.6 Å². The Morgan fingerprint density at radius 1 is 1.16 bits per heavy atom. The molecule has 1 spiro atoms. The summed E-state index contributed by atoms with van der Waals surface area (Å²) in [5.74, 6) is 2.95. The largest absolute Gasteiger partial charge is 0.458 e. The molecule has 0 aromatic carbocycles. The Kier molecular flexibility index (Phi) is 4.29. The van der Waals surface area contributed by atoms with Crippen LogP contribution in [0.25, 0.3) is 0 Å². The Morgan fingerprint density at radius 2 is 1.97 bits per heavy atom. The molecule has 6 aliphatic rings. The van der Waals surface area contributed by atoms with Gasteiger partial charge in [-0.05, 0) is 73.7 Å². The lowest BCUT2D eigenvalue weighted by Crippen LogP contribution is -2.59. The van der Waals surface area contributed by atoms with Gasteiger partial charge in [0.1, 0.15) is 5.60 Å². The molecule has 0 aromatic heterocycles. The van der Waals surface area contributed by atoms with Crippen molar-refractivity contribution in [3.05, 3.63) is 11.6 Å². The second kappa shape index (κ2) is 6.48. The Labute approximate surface area is 189 Å². The average molecular weight is 443 g/mol. The van der Waals surface area contributed by atoms with E-state index >= 15 is 0 Å². The third-order valence-electron chi connectivity index (χ3n) is 10.7. The molecule has 5 heteroatoms. The fourth-order valence-corrected chi connectivity index (χ4v) is 10.5. The maximum Gasteiger partial charge on any atom is 0.306 e. The Hall–Kier alpha value is -1.10. The van der Waals surface area contributed by atoms with E-state index in [1.807, 2.05) is 13.0 Å². The number of carbonyl (C=O) groups is 3. The molecule has 9 atom stereocenters. The van der Waals surface area contributed by atoms with Crippen molar-refractivity contribution in [2.24, 2.45) is 40.4 Å². The second-order valence-electron chi connectivity index (χ2n) is 11.7. The lowest BCUT2D eigenvalue weighted by molar-refractivity contribution is -0.176. The highest BCUT2D eigenvalue weighted by atomic mass is 32.2. The van der Waals surface area contributed by atoms with E-state index in [2.05, 4.69) is 13.8 Å². The van der Waals surface area contributed by atoms with Gasteiger partial charge in [-0.2, -0.15) is 0 Å². The summed E-state index contributed by atoms with van der Waals surface area (Å²) in [5.41, 5.74) is 1.17. The minimum absolute atomic E-state index is 0.00615. The summed E-state index contributed by atoms with van der Waals surface area (Å²) in [4.78, 5) is 37.2. The van der Waals surface area contributed by atoms with Crippen molar-refractivity contribution in [1.82, 2.24) is 0 Å². The number of carbonyl (C=O) groups excluding carboxylic acids is 3. The van der Waals surface area contributed by atoms with Crippen molar-refractivity contribution < 1.29 is 19.1 Å². The molecule has 1 saturated heterocycles. The maximum absolute atomic E-state index is 12.6. The van der Waals surface area contributed by atoms with Crippen LogP contribution in [0.2, 0.25) is 0 Å². The molecule has 4 saturated carbocycles. The first-order chi connectivity index (χ1) is 14.7. The fraction of sp³-hybridized carbons (Fsp3) is 0.808. The molecule has 5 fully saturated rings. The quantitative estimate of drug-likeness (QED) is 0.557. The van der Waals surface area contributed by atoms with Gasteiger partial charge in [0, 0.05) is 35.8 Å². The zero-order chi connectivity index (χ0) is 21.8. The van der Waals surface area contributed by atoms with Crippen LogP contribution in [0.5, 0.6) is 0 Å². The Morgan fingerprint density at radius 3 is 2.68 bits per heavy atom. The van der Waals surface area contributed by atoms with Gasteiger partial charge in [0.05, 0.1) is 0 Å². The lowest BCUT2D eigenvalue weighted by Gasteiger charge is -2.62. The summed E-state index contributed by atoms with van der Waals surface area (Å²) >= 11 is 1.56. The molecule has 5 aliphatic carbocycles. The van der Waals surface area contributed by atoms with Gasteiger partial charge >= 0.3 is 5.97 Å². The number of allylic oxidation sites excluding steroid dienone is 1. The van der Waals surface area contributed by atoms with E-state index in [9.17, 15) is 14.4 Å². The van der Waals surface area contributed by atoms with E-state index in [0.717, 1.165) is 32.1 Å². The highest BCUT2D eigenvalue weighted by molar-refractivity contribution is 8.14. The number of hydrogen-bond acceptors (Lipinski definition) is 5. The van der Waals surface area contributed by atoms with Crippen LogP contribution in [-0.2, 0) is 19.1 Å². The number of ketones is 1. The third kappa shape index (κ3) is 2.53. The summed E-state index contributed by atoms with van der Waals surface area (Å²) in [7, 11) is 0. The molecule has 0 amide bonds. The SMILES string of the molecule is CCC(=O)S[C@@H]1CC2=CC(=O)CC[C@]2(C)[C@H]2CC[C@@]3(C)[C@@H]([C@H]4C[C@H]4C34CCC(=O)O4)[C@H]12. The van der Waals surface area contributed by atoms with Crippen LogP contribution in [0.3, 0.4) is 0 Å². The molecule has 1 unspecified atom stereocenters. The summed E-state index contributed by atoms with van der Waals surface area (Å²) < 4.78 is 6.23. The molecule has 6 rings (SSSR count). The van der Waals surface area contributed by atoms with E-state index in [1.54, 1.807) is 11.8 Å². The molecule has 0 N–H and O–H groups in total. The summed E-state index contributed by atoms with van der Waals surface area (Å²) in [6, 6.07) is 0. The molecule has 31 heavy (non-hydrogen) atoms. The molecule has 0 bridgehead atoms. The van der Waals surface area contributed by atoms with E-state index in [1.165, 1.54) is 12.0 Å². The normalized spacial score (nSPS) is 52.0. The Balaban J connectivity index is 1.44. The molecule has 1 aliphatic heterocycles. The highest BCUT2D eigenvalue weighted by Gasteiger charge is 2.79. The minimum Gasteiger partial charge on any atom is -0.458 e. The minimum atomic E-state index is -0.256. The zero-order valence-corrected chi connectivity index (χ0v) is 19.8. The van der Waals surface area contributed by atoms with Crippen LogP contribution in [0.4, 0.5) is 0 Å². The number of thioether (sulfide) groups is 1. The molecular weight excluding hydrogens is 408 g/mol. The molecule has 0 aromatic rings. The topological polar surface area (TPSA) is 60.4 Å². The number of hydrogen-bond donors (Lipinski definition) is 0. The van der Waals surface area contributed by atoms with E-state index in [4.69, 9.17) is 4.74 Å². The van der Waals surface area contributed by atoms with Crippen molar-refractivity contribution in [3.63, 3.8) is 0 Å². The van der Waals surface area contributed by atoms with Crippen LogP contribution in [-0.4, -0.2) is 27.7 Å². The number of rotatable bonds is 2. The van der Waals surface area contributed by atoms with Gasteiger partial charge in [0.25, 0.3) is 0 Å². The van der Waals surface area contributed by atoms with E-state index < -0.39 is 0 Å². The smallest absolute Gasteiger partial charge is 0.306 e. The second-order valence-corrected chi connectivity index (χ2v) is 13.0. The predicted molar refractivity (Wildman–Crippen MR) is 119 cm³/mol.